The van der Waals surface area contributed by atoms with Crippen LogP contribution in [0.1, 0.15) is 39.9 Å². The number of fused-ring (bicyclic) bond motifs is 1. The van der Waals surface area contributed by atoms with Gasteiger partial charge in [-0.15, -0.1) is 5.10 Å². The number of hydrogen-bond donors (Lipinski definition) is 0. The van der Waals surface area contributed by atoms with Gasteiger partial charge in [0.25, 0.3) is 0 Å². The summed E-state index contributed by atoms with van der Waals surface area (Å²) in [7, 11) is 1.67. The summed E-state index contributed by atoms with van der Waals surface area (Å²) in [6, 6.07) is 24.7. The van der Waals surface area contributed by atoms with Crippen LogP contribution in [-0.2, 0) is 6.42 Å². The number of Topliss-reactive ketones (excluding diaryl/α,β-unsaturated/α-hetero) is 1. The lowest BCUT2D eigenvalue weighted by Gasteiger charge is -2.18. The molecule has 29 heavy (non-hydrogen) atoms. The first kappa shape index (κ1) is 18.8. The first-order valence-corrected chi connectivity index (χ1v) is 9.73. The molecule has 3 aromatic rings. The predicted octanol–water partition coefficient (Wildman–Crippen LogP) is 5.11. The number of aryl methyl sites for hydroxylation is 1. The largest absolute Gasteiger partial charge is 0.497 e. The highest BCUT2D eigenvalue weighted by Crippen LogP contribution is 2.26. The van der Waals surface area contributed by atoms with Crippen molar-refractivity contribution in [3.63, 3.8) is 0 Å². The Balaban J connectivity index is 1.76. The quantitative estimate of drug-likeness (QED) is 0.350. The number of ketones is 1. The van der Waals surface area contributed by atoms with Crippen molar-refractivity contribution in [2.24, 2.45) is 10.2 Å². The number of methoxy groups -OCH3 is 1. The van der Waals surface area contributed by atoms with Gasteiger partial charge in [0.2, 0.25) is 5.78 Å². The van der Waals surface area contributed by atoms with Crippen LogP contribution in [0.15, 0.2) is 89.1 Å². The molecule has 0 radical (unpaired) electrons. The summed E-state index contributed by atoms with van der Waals surface area (Å²) < 4.78 is 5.34. The first-order chi connectivity index (χ1) is 14.3. The molecule has 144 valence electrons. The Hall–Kier alpha value is -3.53. The van der Waals surface area contributed by atoms with E-state index in [2.05, 4.69) is 16.3 Å². The Labute approximate surface area is 170 Å². The molecule has 0 unspecified atom stereocenters. The molecule has 1 aliphatic rings. The van der Waals surface area contributed by atoms with Gasteiger partial charge in [0.05, 0.1) is 12.8 Å². The average Bonchev–Trinajstić information content (AvgIpc) is 2.80. The van der Waals surface area contributed by atoms with Crippen molar-refractivity contribution in [2.75, 3.05) is 7.11 Å². The second kappa shape index (κ2) is 8.65. The molecular weight excluding hydrogens is 360 g/mol. The van der Waals surface area contributed by atoms with Gasteiger partial charge in [-0.25, -0.2) is 0 Å². The van der Waals surface area contributed by atoms with Crippen LogP contribution < -0.4 is 4.74 Å². The number of rotatable bonds is 5. The molecule has 4 rings (SSSR count). The van der Waals surface area contributed by atoms with E-state index in [-0.39, 0.29) is 5.78 Å². The van der Waals surface area contributed by atoms with Crippen molar-refractivity contribution < 1.29 is 9.53 Å². The number of benzene rings is 3. The maximum Gasteiger partial charge on any atom is 0.213 e. The lowest BCUT2D eigenvalue weighted by Crippen LogP contribution is -2.17. The fourth-order valence-corrected chi connectivity index (χ4v) is 3.54. The van der Waals surface area contributed by atoms with E-state index in [9.17, 15) is 4.79 Å². The minimum atomic E-state index is -0.132. The van der Waals surface area contributed by atoms with Crippen LogP contribution in [0.3, 0.4) is 0 Å². The molecular formula is C25H22N2O2. The van der Waals surface area contributed by atoms with Crippen LogP contribution in [0.2, 0.25) is 0 Å². The highest BCUT2D eigenvalue weighted by atomic mass is 16.5. The van der Waals surface area contributed by atoms with E-state index >= 15 is 0 Å². The Morgan fingerprint density at radius 2 is 1.55 bits per heavy atom. The van der Waals surface area contributed by atoms with Gasteiger partial charge in [-0.1, -0.05) is 60.7 Å². The lowest BCUT2D eigenvalue weighted by atomic mass is 9.90. The van der Waals surface area contributed by atoms with Gasteiger partial charge < -0.3 is 4.74 Å². The molecule has 4 heteroatoms. The highest BCUT2D eigenvalue weighted by molar-refractivity contribution is 6.51. The number of carbonyl (C=O) groups is 1. The molecule has 0 aliphatic heterocycles. The molecule has 0 saturated carbocycles. The van der Waals surface area contributed by atoms with E-state index in [0.717, 1.165) is 41.9 Å². The second-order valence-corrected chi connectivity index (χ2v) is 6.93. The van der Waals surface area contributed by atoms with Gasteiger partial charge >= 0.3 is 0 Å². The van der Waals surface area contributed by atoms with E-state index in [1.54, 1.807) is 19.2 Å². The molecule has 1 aliphatic carbocycles. The van der Waals surface area contributed by atoms with Crippen molar-refractivity contribution in [3.05, 3.63) is 101 Å². The van der Waals surface area contributed by atoms with E-state index in [4.69, 9.17) is 4.74 Å². The van der Waals surface area contributed by atoms with Crippen LogP contribution in [0.5, 0.6) is 5.75 Å². The fourth-order valence-electron chi connectivity index (χ4n) is 3.54. The van der Waals surface area contributed by atoms with Crippen LogP contribution in [0.4, 0.5) is 0 Å². The zero-order valence-electron chi connectivity index (χ0n) is 16.3. The first-order valence-electron chi connectivity index (χ1n) is 9.73. The molecule has 0 fully saturated rings. The summed E-state index contributed by atoms with van der Waals surface area (Å²) in [4.78, 5) is 13.1. The van der Waals surface area contributed by atoms with Crippen LogP contribution in [-0.4, -0.2) is 24.3 Å². The van der Waals surface area contributed by atoms with Gasteiger partial charge in [0, 0.05) is 16.7 Å². The summed E-state index contributed by atoms with van der Waals surface area (Å²) in [6.07, 6.45) is 2.83. The maximum absolute atomic E-state index is 13.1. The zero-order chi connectivity index (χ0) is 20.1. The molecule has 0 bridgehead atoms. The van der Waals surface area contributed by atoms with E-state index in [1.165, 1.54) is 5.56 Å². The third-order valence-corrected chi connectivity index (χ3v) is 5.05. The molecule has 0 heterocycles. The fraction of sp³-hybridized carbons (Fsp3) is 0.160. The summed E-state index contributed by atoms with van der Waals surface area (Å²) in [6.45, 7) is 0. The van der Waals surface area contributed by atoms with Crippen LogP contribution in [0, 0.1) is 0 Å². The van der Waals surface area contributed by atoms with Crippen molar-refractivity contribution in [2.45, 2.75) is 19.3 Å². The number of nitrogens with zero attached hydrogens (tertiary/aromatic N) is 2. The van der Waals surface area contributed by atoms with Crippen LogP contribution in [0.25, 0.3) is 0 Å². The normalized spacial score (nSPS) is 15.1. The molecule has 0 aromatic heterocycles. The van der Waals surface area contributed by atoms with Crippen LogP contribution >= 0.6 is 0 Å². The summed E-state index contributed by atoms with van der Waals surface area (Å²) >= 11 is 0. The molecule has 0 N–H and O–H groups in total. The second-order valence-electron chi connectivity index (χ2n) is 6.93. The SMILES string of the molecule is COc1ccc2c(c1)CCC/C2=N/N=C(/C(=O)c1ccccc1)c1ccccc1. The molecule has 0 saturated heterocycles. The minimum absolute atomic E-state index is 0.132. The highest BCUT2D eigenvalue weighted by Gasteiger charge is 2.19. The summed E-state index contributed by atoms with van der Waals surface area (Å²) in [5.41, 5.74) is 4.91. The summed E-state index contributed by atoms with van der Waals surface area (Å²) in [5.74, 6) is 0.713. The Bertz CT molecular complexity index is 1070. The monoisotopic (exact) mass is 382 g/mol. The third kappa shape index (κ3) is 4.16. The Morgan fingerprint density at radius 1 is 0.862 bits per heavy atom. The average molecular weight is 382 g/mol. The van der Waals surface area contributed by atoms with Gasteiger partial charge in [0.1, 0.15) is 11.5 Å². The van der Waals surface area contributed by atoms with Gasteiger partial charge in [-0.05, 0) is 43.0 Å². The molecule has 3 aromatic carbocycles. The van der Waals surface area contributed by atoms with Crippen molar-refractivity contribution >= 4 is 17.2 Å². The minimum Gasteiger partial charge on any atom is -0.497 e. The lowest BCUT2D eigenvalue weighted by molar-refractivity contribution is 0.106. The number of ether oxygens (including phenoxy) is 1. The number of hydrogen-bond acceptors (Lipinski definition) is 4. The summed E-state index contributed by atoms with van der Waals surface area (Å²) in [5, 5.41) is 9.01. The topological polar surface area (TPSA) is 51.0 Å². The smallest absolute Gasteiger partial charge is 0.213 e. The van der Waals surface area contributed by atoms with Gasteiger partial charge in [-0.3, -0.25) is 4.79 Å². The van der Waals surface area contributed by atoms with Crippen molar-refractivity contribution in [1.82, 2.24) is 0 Å². The number of carbonyl (C=O) groups excluding carboxylic acids is 1. The van der Waals surface area contributed by atoms with Crippen molar-refractivity contribution in [3.8, 4) is 5.75 Å². The molecule has 4 nitrogen and oxygen atoms in total. The molecule has 0 amide bonds. The van der Waals surface area contributed by atoms with Gasteiger partial charge in [-0.2, -0.15) is 5.10 Å². The molecule has 0 atom stereocenters. The van der Waals surface area contributed by atoms with Gasteiger partial charge in [0.15, 0.2) is 0 Å². The third-order valence-electron chi connectivity index (χ3n) is 5.05. The Kier molecular flexibility index (Phi) is 5.61. The zero-order valence-corrected chi connectivity index (χ0v) is 16.3. The maximum atomic E-state index is 13.1. The standard InChI is InChI=1S/C25H22N2O2/c1-29-21-15-16-22-20(17-21)13-8-14-23(22)26-27-24(18-9-4-2-5-10-18)25(28)19-11-6-3-7-12-19/h2-7,9-12,15-17H,8,13-14H2,1H3/b26-23-,27-24+. The van der Waals surface area contributed by atoms with Crippen molar-refractivity contribution in [1.29, 1.82) is 0 Å². The van der Waals surface area contributed by atoms with E-state index in [1.807, 2.05) is 60.7 Å². The Morgan fingerprint density at radius 3 is 2.24 bits per heavy atom. The predicted molar refractivity (Wildman–Crippen MR) is 116 cm³/mol. The van der Waals surface area contributed by atoms with E-state index in [0.29, 0.717) is 11.3 Å². The molecule has 0 spiro atoms. The van der Waals surface area contributed by atoms with E-state index < -0.39 is 0 Å².